The standard InChI is InChI=1S/C10H19NO2/c1-6(2)4-7(11)8-9(13-8)10(3)5-12-10/h6-9H,4-5,11H2,1-3H3/t7-,8?,9?,10+/m0/s1. The van der Waals surface area contributed by atoms with Crippen LogP contribution in [0.5, 0.6) is 0 Å². The van der Waals surface area contributed by atoms with Crippen molar-refractivity contribution in [3.8, 4) is 0 Å². The van der Waals surface area contributed by atoms with Gasteiger partial charge in [-0.15, -0.1) is 0 Å². The molecule has 2 unspecified atom stereocenters. The van der Waals surface area contributed by atoms with Crippen molar-refractivity contribution in [1.29, 1.82) is 0 Å². The molecule has 0 spiro atoms. The normalized spacial score (nSPS) is 45.0. The fourth-order valence-corrected chi connectivity index (χ4v) is 1.90. The molecule has 2 aliphatic heterocycles. The number of hydrogen-bond acceptors (Lipinski definition) is 3. The van der Waals surface area contributed by atoms with E-state index in [-0.39, 0.29) is 23.9 Å². The molecule has 2 saturated heterocycles. The highest BCUT2D eigenvalue weighted by Gasteiger charge is 2.61. The first-order valence-electron chi connectivity index (χ1n) is 5.08. The summed E-state index contributed by atoms with van der Waals surface area (Å²) in [5.41, 5.74) is 6.01. The minimum atomic E-state index is -0.000728. The third kappa shape index (κ3) is 1.87. The second-order valence-electron chi connectivity index (χ2n) is 4.92. The van der Waals surface area contributed by atoms with Gasteiger partial charge in [-0.25, -0.2) is 0 Å². The van der Waals surface area contributed by atoms with Crippen molar-refractivity contribution in [3.63, 3.8) is 0 Å². The van der Waals surface area contributed by atoms with E-state index in [0.29, 0.717) is 5.92 Å². The number of epoxide rings is 2. The molecule has 0 saturated carbocycles. The Labute approximate surface area is 79.6 Å². The molecule has 13 heavy (non-hydrogen) atoms. The first-order chi connectivity index (χ1) is 6.03. The molecule has 2 rings (SSSR count). The zero-order valence-electron chi connectivity index (χ0n) is 8.62. The second kappa shape index (κ2) is 2.94. The summed E-state index contributed by atoms with van der Waals surface area (Å²) in [6.07, 6.45) is 1.55. The van der Waals surface area contributed by atoms with Crippen LogP contribution in [0.15, 0.2) is 0 Å². The van der Waals surface area contributed by atoms with Crippen molar-refractivity contribution < 1.29 is 9.47 Å². The minimum Gasteiger partial charge on any atom is -0.367 e. The van der Waals surface area contributed by atoms with E-state index in [9.17, 15) is 0 Å². The summed E-state index contributed by atoms with van der Waals surface area (Å²) >= 11 is 0. The van der Waals surface area contributed by atoms with Crippen molar-refractivity contribution in [1.82, 2.24) is 0 Å². The number of nitrogens with two attached hydrogens (primary N) is 1. The van der Waals surface area contributed by atoms with Gasteiger partial charge in [-0.05, 0) is 19.3 Å². The molecule has 2 heterocycles. The van der Waals surface area contributed by atoms with Crippen molar-refractivity contribution in [2.75, 3.05) is 6.61 Å². The quantitative estimate of drug-likeness (QED) is 0.662. The summed E-state index contributed by atoms with van der Waals surface area (Å²) in [5.74, 6) is 0.646. The maximum Gasteiger partial charge on any atom is 0.117 e. The molecule has 2 aliphatic rings. The van der Waals surface area contributed by atoms with Gasteiger partial charge in [0, 0.05) is 6.04 Å². The maximum atomic E-state index is 6.01. The summed E-state index contributed by atoms with van der Waals surface area (Å²) in [6.45, 7) is 7.31. The van der Waals surface area contributed by atoms with Crippen LogP contribution < -0.4 is 5.73 Å². The van der Waals surface area contributed by atoms with Gasteiger partial charge in [-0.3, -0.25) is 0 Å². The molecule has 0 amide bonds. The predicted molar refractivity (Wildman–Crippen MR) is 50.4 cm³/mol. The summed E-state index contributed by atoms with van der Waals surface area (Å²) < 4.78 is 10.9. The molecule has 0 bridgehead atoms. The Morgan fingerprint density at radius 3 is 2.62 bits per heavy atom. The Morgan fingerprint density at radius 2 is 2.15 bits per heavy atom. The molecule has 0 aromatic rings. The minimum absolute atomic E-state index is 0.000728. The molecule has 0 aliphatic carbocycles. The number of hydrogen-bond donors (Lipinski definition) is 1. The average molecular weight is 185 g/mol. The van der Waals surface area contributed by atoms with Crippen molar-refractivity contribution in [2.24, 2.45) is 11.7 Å². The Balaban J connectivity index is 1.78. The number of rotatable bonds is 4. The zero-order chi connectivity index (χ0) is 9.64. The summed E-state index contributed by atoms with van der Waals surface area (Å²) in [7, 11) is 0. The van der Waals surface area contributed by atoms with Crippen LogP contribution in [-0.4, -0.2) is 30.5 Å². The van der Waals surface area contributed by atoms with E-state index in [1.54, 1.807) is 0 Å². The average Bonchev–Trinajstić information content (AvgIpc) is 2.77. The van der Waals surface area contributed by atoms with Gasteiger partial charge in [-0.1, -0.05) is 13.8 Å². The van der Waals surface area contributed by atoms with Crippen LogP contribution in [0, 0.1) is 5.92 Å². The van der Waals surface area contributed by atoms with Crippen LogP contribution in [-0.2, 0) is 9.47 Å². The van der Waals surface area contributed by atoms with E-state index >= 15 is 0 Å². The highest BCUT2D eigenvalue weighted by Crippen LogP contribution is 2.44. The molecule has 2 fully saturated rings. The highest BCUT2D eigenvalue weighted by atomic mass is 16.7. The van der Waals surface area contributed by atoms with Crippen LogP contribution in [0.4, 0.5) is 0 Å². The van der Waals surface area contributed by atoms with Crippen LogP contribution in [0.3, 0.4) is 0 Å². The SMILES string of the molecule is CC(C)C[C@H](N)C1OC1[C@@]1(C)CO1. The van der Waals surface area contributed by atoms with Crippen LogP contribution >= 0.6 is 0 Å². The van der Waals surface area contributed by atoms with E-state index in [1.807, 2.05) is 0 Å². The second-order valence-corrected chi connectivity index (χ2v) is 4.92. The van der Waals surface area contributed by atoms with Crippen LogP contribution in [0.1, 0.15) is 27.2 Å². The van der Waals surface area contributed by atoms with Gasteiger partial charge in [-0.2, -0.15) is 0 Å². The monoisotopic (exact) mass is 185 g/mol. The van der Waals surface area contributed by atoms with E-state index < -0.39 is 0 Å². The number of ether oxygens (including phenoxy) is 2. The molecule has 0 aromatic heterocycles. The molecule has 4 atom stereocenters. The van der Waals surface area contributed by atoms with Crippen molar-refractivity contribution in [2.45, 2.75) is 51.0 Å². The molecule has 2 N–H and O–H groups in total. The fraction of sp³-hybridized carbons (Fsp3) is 1.00. The van der Waals surface area contributed by atoms with Gasteiger partial charge in [0.15, 0.2) is 0 Å². The first kappa shape index (κ1) is 9.44. The molecule has 3 heteroatoms. The molecular formula is C10H19NO2. The predicted octanol–water partition coefficient (Wildman–Crippen LogP) is 0.916. The Kier molecular flexibility index (Phi) is 2.13. The van der Waals surface area contributed by atoms with E-state index in [4.69, 9.17) is 15.2 Å². The summed E-state index contributed by atoms with van der Waals surface area (Å²) in [6, 6.07) is 0.186. The Hall–Kier alpha value is -0.120. The lowest BCUT2D eigenvalue weighted by Crippen LogP contribution is -2.32. The van der Waals surface area contributed by atoms with E-state index in [1.165, 1.54) is 0 Å². The fourth-order valence-electron chi connectivity index (χ4n) is 1.90. The highest BCUT2D eigenvalue weighted by molar-refractivity contribution is 5.09. The molecule has 0 aromatic carbocycles. The summed E-state index contributed by atoms with van der Waals surface area (Å²) in [5, 5.41) is 0. The van der Waals surface area contributed by atoms with Crippen LogP contribution in [0.25, 0.3) is 0 Å². The molecule has 0 radical (unpaired) electrons. The van der Waals surface area contributed by atoms with Crippen molar-refractivity contribution in [3.05, 3.63) is 0 Å². The lowest BCUT2D eigenvalue weighted by Gasteiger charge is -2.11. The molecule has 3 nitrogen and oxygen atoms in total. The zero-order valence-corrected chi connectivity index (χ0v) is 8.62. The Morgan fingerprint density at radius 1 is 1.54 bits per heavy atom. The van der Waals surface area contributed by atoms with Gasteiger partial charge >= 0.3 is 0 Å². The van der Waals surface area contributed by atoms with Crippen LogP contribution in [0.2, 0.25) is 0 Å². The lowest BCUT2D eigenvalue weighted by atomic mass is 9.97. The van der Waals surface area contributed by atoms with E-state index in [0.717, 1.165) is 13.0 Å². The van der Waals surface area contributed by atoms with Gasteiger partial charge in [0.25, 0.3) is 0 Å². The van der Waals surface area contributed by atoms with Gasteiger partial charge in [0.05, 0.1) is 6.61 Å². The van der Waals surface area contributed by atoms with E-state index in [2.05, 4.69) is 20.8 Å². The smallest absolute Gasteiger partial charge is 0.117 e. The largest absolute Gasteiger partial charge is 0.367 e. The van der Waals surface area contributed by atoms with Gasteiger partial charge in [0.1, 0.15) is 17.8 Å². The first-order valence-corrected chi connectivity index (χ1v) is 5.08. The Bertz CT molecular complexity index is 201. The van der Waals surface area contributed by atoms with Gasteiger partial charge < -0.3 is 15.2 Å². The third-order valence-electron chi connectivity index (χ3n) is 2.89. The third-order valence-corrected chi connectivity index (χ3v) is 2.89. The van der Waals surface area contributed by atoms with Crippen molar-refractivity contribution >= 4 is 0 Å². The topological polar surface area (TPSA) is 51.1 Å². The molecule has 76 valence electrons. The maximum absolute atomic E-state index is 6.01. The molecular weight excluding hydrogens is 166 g/mol. The summed E-state index contributed by atoms with van der Waals surface area (Å²) in [4.78, 5) is 0. The lowest BCUT2D eigenvalue weighted by molar-refractivity contribution is 0.247. The van der Waals surface area contributed by atoms with Gasteiger partial charge in [0.2, 0.25) is 0 Å².